The van der Waals surface area contributed by atoms with Crippen molar-refractivity contribution in [3.8, 4) is 0 Å². The molecule has 1 rings (SSSR count). The molecular formula is C12H14F2N2O3. The van der Waals surface area contributed by atoms with Crippen LogP contribution in [0, 0.1) is 11.6 Å². The van der Waals surface area contributed by atoms with Gasteiger partial charge in [0.15, 0.2) is 11.6 Å². The highest BCUT2D eigenvalue weighted by atomic mass is 19.2. The van der Waals surface area contributed by atoms with Gasteiger partial charge in [-0.2, -0.15) is 0 Å². The Hall–Kier alpha value is -2.02. The summed E-state index contributed by atoms with van der Waals surface area (Å²) < 4.78 is 25.5. The van der Waals surface area contributed by atoms with Gasteiger partial charge in [0.25, 0.3) is 0 Å². The van der Waals surface area contributed by atoms with Crippen molar-refractivity contribution in [2.45, 2.75) is 19.4 Å². The number of amides is 2. The smallest absolute Gasteiger partial charge is 0.313 e. The van der Waals surface area contributed by atoms with Crippen LogP contribution in [0.3, 0.4) is 0 Å². The van der Waals surface area contributed by atoms with Crippen LogP contribution >= 0.6 is 0 Å². The summed E-state index contributed by atoms with van der Waals surface area (Å²) in [6.07, 6.45) is 0.310. The fraction of sp³-hybridized carbons (Fsp3) is 0.333. The lowest BCUT2D eigenvalue weighted by atomic mass is 10.2. The first-order valence-corrected chi connectivity index (χ1v) is 5.61. The number of benzene rings is 1. The number of aliphatic hydroxyl groups excluding tert-OH is 1. The summed E-state index contributed by atoms with van der Waals surface area (Å²) in [5, 5.41) is 13.1. The van der Waals surface area contributed by atoms with E-state index in [9.17, 15) is 18.4 Å². The second-order valence-corrected chi connectivity index (χ2v) is 3.97. The van der Waals surface area contributed by atoms with Crippen molar-refractivity contribution in [2.24, 2.45) is 0 Å². The zero-order chi connectivity index (χ0) is 14.4. The second kappa shape index (κ2) is 6.79. The van der Waals surface area contributed by atoms with Crippen molar-refractivity contribution in [1.82, 2.24) is 5.32 Å². The van der Waals surface area contributed by atoms with E-state index in [0.29, 0.717) is 6.42 Å². The molecule has 0 aliphatic heterocycles. The van der Waals surface area contributed by atoms with Gasteiger partial charge in [0.2, 0.25) is 0 Å². The number of hydrogen-bond acceptors (Lipinski definition) is 3. The predicted octanol–water partition coefficient (Wildman–Crippen LogP) is 0.790. The summed E-state index contributed by atoms with van der Waals surface area (Å²) >= 11 is 0. The van der Waals surface area contributed by atoms with Crippen LogP contribution in [0.4, 0.5) is 14.5 Å². The number of aliphatic hydroxyl groups is 1. The molecule has 1 atom stereocenters. The average molecular weight is 272 g/mol. The Morgan fingerprint density at radius 2 is 1.95 bits per heavy atom. The Balaban J connectivity index is 2.58. The highest BCUT2D eigenvalue weighted by molar-refractivity contribution is 6.39. The van der Waals surface area contributed by atoms with Crippen molar-refractivity contribution in [2.75, 3.05) is 11.9 Å². The fourth-order valence-corrected chi connectivity index (χ4v) is 1.32. The SMILES string of the molecule is C[C@H](CCO)NC(=O)C(=O)Nc1ccc(F)c(F)c1. The summed E-state index contributed by atoms with van der Waals surface area (Å²) in [5.41, 5.74) is -0.0196. The summed E-state index contributed by atoms with van der Waals surface area (Å²) in [5.74, 6) is -4.06. The average Bonchev–Trinajstić information content (AvgIpc) is 2.34. The van der Waals surface area contributed by atoms with Gasteiger partial charge in [0.1, 0.15) is 0 Å². The Morgan fingerprint density at radius 1 is 1.26 bits per heavy atom. The topological polar surface area (TPSA) is 78.4 Å². The lowest BCUT2D eigenvalue weighted by Gasteiger charge is -2.12. The van der Waals surface area contributed by atoms with Crippen molar-refractivity contribution >= 4 is 17.5 Å². The molecule has 2 amide bonds. The monoisotopic (exact) mass is 272 g/mol. The van der Waals surface area contributed by atoms with Crippen LogP contribution in [-0.4, -0.2) is 29.6 Å². The van der Waals surface area contributed by atoms with E-state index in [0.717, 1.165) is 18.2 Å². The van der Waals surface area contributed by atoms with Gasteiger partial charge in [-0.25, -0.2) is 8.78 Å². The summed E-state index contributed by atoms with van der Waals surface area (Å²) in [6.45, 7) is 1.51. The van der Waals surface area contributed by atoms with Crippen molar-refractivity contribution in [3.63, 3.8) is 0 Å². The number of anilines is 1. The van der Waals surface area contributed by atoms with E-state index in [1.807, 2.05) is 0 Å². The molecule has 0 radical (unpaired) electrons. The summed E-state index contributed by atoms with van der Waals surface area (Å²) in [4.78, 5) is 22.9. The number of carbonyl (C=O) groups is 2. The largest absolute Gasteiger partial charge is 0.396 e. The van der Waals surface area contributed by atoms with Gasteiger partial charge in [0, 0.05) is 24.4 Å². The van der Waals surface area contributed by atoms with Gasteiger partial charge in [-0.1, -0.05) is 0 Å². The number of halogens is 2. The Morgan fingerprint density at radius 3 is 2.53 bits per heavy atom. The zero-order valence-electron chi connectivity index (χ0n) is 10.2. The molecule has 5 nitrogen and oxygen atoms in total. The number of carbonyl (C=O) groups excluding carboxylic acids is 2. The molecule has 0 saturated heterocycles. The van der Waals surface area contributed by atoms with Gasteiger partial charge in [-0.05, 0) is 25.5 Å². The fourth-order valence-electron chi connectivity index (χ4n) is 1.32. The predicted molar refractivity (Wildman–Crippen MR) is 64.3 cm³/mol. The lowest BCUT2D eigenvalue weighted by molar-refractivity contribution is -0.136. The molecule has 0 unspecified atom stereocenters. The van der Waals surface area contributed by atoms with Crippen LogP contribution in [0.25, 0.3) is 0 Å². The van der Waals surface area contributed by atoms with E-state index in [1.54, 1.807) is 6.92 Å². The molecule has 0 fully saturated rings. The van der Waals surface area contributed by atoms with E-state index >= 15 is 0 Å². The van der Waals surface area contributed by atoms with Crippen LogP contribution in [0.1, 0.15) is 13.3 Å². The summed E-state index contributed by atoms with van der Waals surface area (Å²) in [7, 11) is 0. The Labute approximate surface area is 108 Å². The normalized spacial score (nSPS) is 11.8. The third-order valence-corrected chi connectivity index (χ3v) is 2.32. The molecular weight excluding hydrogens is 258 g/mol. The molecule has 3 N–H and O–H groups in total. The van der Waals surface area contributed by atoms with Gasteiger partial charge in [0.05, 0.1) is 0 Å². The Bertz CT molecular complexity index is 480. The van der Waals surface area contributed by atoms with E-state index < -0.39 is 23.4 Å². The molecule has 0 heterocycles. The maximum absolute atomic E-state index is 12.9. The Kier molecular flexibility index (Phi) is 5.37. The van der Waals surface area contributed by atoms with Crippen LogP contribution in [-0.2, 0) is 9.59 Å². The van der Waals surface area contributed by atoms with E-state index in [1.165, 1.54) is 0 Å². The highest BCUT2D eigenvalue weighted by Crippen LogP contribution is 2.12. The first kappa shape index (κ1) is 15.0. The van der Waals surface area contributed by atoms with Crippen LogP contribution in [0.2, 0.25) is 0 Å². The van der Waals surface area contributed by atoms with E-state index in [-0.39, 0.29) is 18.3 Å². The molecule has 0 saturated carbocycles. The molecule has 0 aromatic heterocycles. The first-order chi connectivity index (χ1) is 8.93. The number of nitrogens with one attached hydrogen (secondary N) is 2. The second-order valence-electron chi connectivity index (χ2n) is 3.97. The molecule has 0 aliphatic rings. The number of rotatable bonds is 4. The molecule has 0 bridgehead atoms. The quantitative estimate of drug-likeness (QED) is 0.709. The summed E-state index contributed by atoms with van der Waals surface area (Å²) in [6, 6.07) is 2.39. The van der Waals surface area contributed by atoms with E-state index in [2.05, 4.69) is 10.6 Å². The molecule has 1 aromatic carbocycles. The molecule has 0 spiro atoms. The minimum Gasteiger partial charge on any atom is -0.396 e. The van der Waals surface area contributed by atoms with Crippen LogP contribution in [0.15, 0.2) is 18.2 Å². The molecule has 1 aromatic rings. The van der Waals surface area contributed by atoms with Crippen LogP contribution < -0.4 is 10.6 Å². The number of hydrogen-bond donors (Lipinski definition) is 3. The molecule has 7 heteroatoms. The standard InChI is InChI=1S/C12H14F2N2O3/c1-7(4-5-17)15-11(18)12(19)16-8-2-3-9(13)10(14)6-8/h2-3,6-7,17H,4-5H2,1H3,(H,15,18)(H,16,19)/t7-/m1/s1. The van der Waals surface area contributed by atoms with E-state index in [4.69, 9.17) is 5.11 Å². The minimum absolute atomic E-state index is 0.0196. The van der Waals surface area contributed by atoms with Gasteiger partial charge < -0.3 is 15.7 Å². The molecule has 0 aliphatic carbocycles. The first-order valence-electron chi connectivity index (χ1n) is 5.61. The zero-order valence-corrected chi connectivity index (χ0v) is 10.2. The molecule has 104 valence electrons. The van der Waals surface area contributed by atoms with Crippen molar-refractivity contribution in [3.05, 3.63) is 29.8 Å². The van der Waals surface area contributed by atoms with Gasteiger partial charge >= 0.3 is 11.8 Å². The molecule has 19 heavy (non-hydrogen) atoms. The lowest BCUT2D eigenvalue weighted by Crippen LogP contribution is -2.40. The maximum atomic E-state index is 12.9. The minimum atomic E-state index is -1.12. The van der Waals surface area contributed by atoms with Gasteiger partial charge in [-0.3, -0.25) is 9.59 Å². The highest BCUT2D eigenvalue weighted by Gasteiger charge is 2.16. The maximum Gasteiger partial charge on any atom is 0.313 e. The third-order valence-electron chi connectivity index (χ3n) is 2.32. The third kappa shape index (κ3) is 4.63. The van der Waals surface area contributed by atoms with Crippen molar-refractivity contribution in [1.29, 1.82) is 0 Å². The van der Waals surface area contributed by atoms with Crippen molar-refractivity contribution < 1.29 is 23.5 Å². The van der Waals surface area contributed by atoms with Gasteiger partial charge in [-0.15, -0.1) is 0 Å². The van der Waals surface area contributed by atoms with Crippen LogP contribution in [0.5, 0.6) is 0 Å².